The molecule has 1 aromatic carbocycles. The van der Waals surface area contributed by atoms with Crippen molar-refractivity contribution >= 4 is 11.8 Å². The number of unbranched alkanes of at least 4 members (excludes halogenated alkanes) is 3. The first-order valence-corrected chi connectivity index (χ1v) is 11.1. The van der Waals surface area contributed by atoms with Gasteiger partial charge in [-0.15, -0.1) is 0 Å². The maximum atomic E-state index is 12.7. The Labute approximate surface area is 172 Å². The van der Waals surface area contributed by atoms with Crippen molar-refractivity contribution in [1.82, 2.24) is 0 Å². The number of rotatable bonds is 14. The van der Waals surface area contributed by atoms with E-state index in [1.54, 1.807) is 0 Å². The molecule has 0 fully saturated rings. The van der Waals surface area contributed by atoms with Crippen molar-refractivity contribution in [3.05, 3.63) is 35.4 Å². The Kier molecular flexibility index (Phi) is 11.1. The van der Waals surface area contributed by atoms with Crippen LogP contribution in [0.25, 0.3) is 0 Å². The molecule has 0 radical (unpaired) electrons. The van der Waals surface area contributed by atoms with E-state index >= 15 is 0 Å². The van der Waals surface area contributed by atoms with Gasteiger partial charge in [0.1, 0.15) is 5.78 Å². The second-order valence-electron chi connectivity index (χ2n) is 8.55. The van der Waals surface area contributed by atoms with Crippen LogP contribution in [0.5, 0.6) is 0 Å². The van der Waals surface area contributed by atoms with Gasteiger partial charge in [-0.1, -0.05) is 64.3 Å². The number of ether oxygens (including phenoxy) is 1. The number of Topliss-reactive ketones (excluding diaryl/α,β-unsaturated/α-hetero) is 1. The smallest absolute Gasteiger partial charge is 0.316 e. The molecule has 0 N–H and O–H groups in total. The van der Waals surface area contributed by atoms with Crippen molar-refractivity contribution in [2.75, 3.05) is 6.61 Å². The maximum Gasteiger partial charge on any atom is 0.316 e. The highest BCUT2D eigenvalue weighted by Gasteiger charge is 2.36. The first-order chi connectivity index (χ1) is 13.3. The summed E-state index contributed by atoms with van der Waals surface area (Å²) >= 11 is 0. The lowest BCUT2D eigenvalue weighted by Crippen LogP contribution is -2.34. The highest BCUT2D eigenvalue weighted by Crippen LogP contribution is 2.32. The van der Waals surface area contributed by atoms with E-state index < -0.39 is 5.41 Å². The Morgan fingerprint density at radius 2 is 1.57 bits per heavy atom. The van der Waals surface area contributed by atoms with Crippen LogP contribution in [0.4, 0.5) is 0 Å². The summed E-state index contributed by atoms with van der Waals surface area (Å²) in [4.78, 5) is 24.7. The van der Waals surface area contributed by atoms with E-state index in [4.69, 9.17) is 4.74 Å². The molecule has 1 unspecified atom stereocenters. The van der Waals surface area contributed by atoms with Gasteiger partial charge in [0.05, 0.1) is 12.0 Å². The standard InChI is InChI=1S/C25H40O3/c1-6-8-9-12-23(26)13-10-11-18-25(5,24(27)28-7-2)22-16-14-21(15-17-22)19-20(3)4/h14-17,20H,6-13,18-19H2,1-5H3. The van der Waals surface area contributed by atoms with E-state index in [-0.39, 0.29) is 5.97 Å². The molecule has 0 aliphatic carbocycles. The molecule has 3 nitrogen and oxygen atoms in total. The minimum atomic E-state index is -0.655. The normalized spacial score (nSPS) is 13.4. The lowest BCUT2D eigenvalue weighted by atomic mass is 9.77. The Hall–Kier alpha value is -1.64. The molecule has 0 saturated carbocycles. The molecule has 0 aliphatic rings. The second-order valence-corrected chi connectivity index (χ2v) is 8.55. The summed E-state index contributed by atoms with van der Waals surface area (Å²) in [5.74, 6) is 0.794. The van der Waals surface area contributed by atoms with Crippen molar-refractivity contribution in [2.24, 2.45) is 5.92 Å². The van der Waals surface area contributed by atoms with Crippen molar-refractivity contribution in [3.8, 4) is 0 Å². The summed E-state index contributed by atoms with van der Waals surface area (Å²) in [6.07, 6.45) is 8.01. The van der Waals surface area contributed by atoms with Crippen LogP contribution in [-0.4, -0.2) is 18.4 Å². The molecule has 0 heterocycles. The molecule has 0 saturated heterocycles. The summed E-state index contributed by atoms with van der Waals surface area (Å²) in [6, 6.07) is 8.41. The van der Waals surface area contributed by atoms with E-state index in [1.807, 2.05) is 13.8 Å². The third kappa shape index (κ3) is 8.16. The molecule has 0 spiro atoms. The van der Waals surface area contributed by atoms with Gasteiger partial charge in [-0.3, -0.25) is 9.59 Å². The number of hydrogen-bond acceptors (Lipinski definition) is 3. The number of benzene rings is 1. The van der Waals surface area contributed by atoms with Crippen LogP contribution in [0.3, 0.4) is 0 Å². The third-order valence-electron chi connectivity index (χ3n) is 5.40. The van der Waals surface area contributed by atoms with Crippen LogP contribution >= 0.6 is 0 Å². The van der Waals surface area contributed by atoms with Crippen LogP contribution in [0.15, 0.2) is 24.3 Å². The van der Waals surface area contributed by atoms with Gasteiger partial charge in [0.15, 0.2) is 0 Å². The maximum absolute atomic E-state index is 12.7. The zero-order valence-corrected chi connectivity index (χ0v) is 18.7. The van der Waals surface area contributed by atoms with Gasteiger partial charge in [-0.05, 0) is 56.6 Å². The van der Waals surface area contributed by atoms with Gasteiger partial charge in [0.2, 0.25) is 0 Å². The molecule has 0 amide bonds. The van der Waals surface area contributed by atoms with Crippen molar-refractivity contribution in [3.63, 3.8) is 0 Å². The molecule has 1 atom stereocenters. The Balaban J connectivity index is 2.71. The zero-order chi connectivity index (χ0) is 21.0. The fraction of sp³-hybridized carbons (Fsp3) is 0.680. The molecule has 0 aliphatic heterocycles. The monoisotopic (exact) mass is 388 g/mol. The molecule has 1 aromatic rings. The van der Waals surface area contributed by atoms with Crippen LogP contribution in [-0.2, 0) is 26.2 Å². The average molecular weight is 389 g/mol. The SMILES string of the molecule is CCCCCC(=O)CCCCC(C)(C(=O)OCC)c1ccc(CC(C)C)cc1. The second kappa shape index (κ2) is 12.7. The summed E-state index contributed by atoms with van der Waals surface area (Å²) in [6.45, 7) is 10.8. The molecular weight excluding hydrogens is 348 g/mol. The highest BCUT2D eigenvalue weighted by atomic mass is 16.5. The van der Waals surface area contributed by atoms with Crippen molar-refractivity contribution in [1.29, 1.82) is 0 Å². The number of hydrogen-bond donors (Lipinski definition) is 0. The molecule has 28 heavy (non-hydrogen) atoms. The minimum Gasteiger partial charge on any atom is -0.465 e. The number of carbonyl (C=O) groups is 2. The first-order valence-electron chi connectivity index (χ1n) is 11.1. The fourth-order valence-electron chi connectivity index (χ4n) is 3.63. The lowest BCUT2D eigenvalue weighted by Gasteiger charge is -2.28. The van der Waals surface area contributed by atoms with Crippen LogP contribution < -0.4 is 0 Å². The third-order valence-corrected chi connectivity index (χ3v) is 5.40. The molecule has 0 aromatic heterocycles. The van der Waals surface area contributed by atoms with E-state index in [0.717, 1.165) is 44.1 Å². The first kappa shape index (κ1) is 24.4. The lowest BCUT2D eigenvalue weighted by molar-refractivity contribution is -0.149. The highest BCUT2D eigenvalue weighted by molar-refractivity contribution is 5.82. The summed E-state index contributed by atoms with van der Waals surface area (Å²) in [5.41, 5.74) is 1.65. The molecular formula is C25H40O3. The van der Waals surface area contributed by atoms with E-state index in [9.17, 15) is 9.59 Å². The van der Waals surface area contributed by atoms with E-state index in [0.29, 0.717) is 37.6 Å². The summed E-state index contributed by atoms with van der Waals surface area (Å²) in [7, 11) is 0. The summed E-state index contributed by atoms with van der Waals surface area (Å²) in [5, 5.41) is 0. The number of ketones is 1. The van der Waals surface area contributed by atoms with E-state index in [1.165, 1.54) is 5.56 Å². The average Bonchev–Trinajstić information content (AvgIpc) is 2.65. The van der Waals surface area contributed by atoms with Gasteiger partial charge >= 0.3 is 5.97 Å². The Morgan fingerprint density at radius 3 is 2.11 bits per heavy atom. The Bertz CT molecular complexity index is 588. The molecule has 1 rings (SSSR count). The predicted molar refractivity (Wildman–Crippen MR) is 117 cm³/mol. The topological polar surface area (TPSA) is 43.4 Å². The predicted octanol–water partition coefficient (Wildman–Crippen LogP) is 6.42. The minimum absolute atomic E-state index is 0.166. The van der Waals surface area contributed by atoms with Gasteiger partial charge in [0.25, 0.3) is 0 Å². The number of esters is 1. The summed E-state index contributed by atoms with van der Waals surface area (Å²) < 4.78 is 5.39. The molecule has 158 valence electrons. The quantitative estimate of drug-likeness (QED) is 0.273. The van der Waals surface area contributed by atoms with E-state index in [2.05, 4.69) is 45.0 Å². The fourth-order valence-corrected chi connectivity index (χ4v) is 3.63. The van der Waals surface area contributed by atoms with Crippen LogP contribution in [0, 0.1) is 5.92 Å². The van der Waals surface area contributed by atoms with Crippen LogP contribution in [0.2, 0.25) is 0 Å². The van der Waals surface area contributed by atoms with Crippen molar-refractivity contribution < 1.29 is 14.3 Å². The van der Waals surface area contributed by atoms with Crippen LogP contribution in [0.1, 0.15) is 97.1 Å². The van der Waals surface area contributed by atoms with Gasteiger partial charge < -0.3 is 4.74 Å². The number of carbonyl (C=O) groups excluding carboxylic acids is 2. The van der Waals surface area contributed by atoms with Crippen molar-refractivity contribution in [2.45, 2.75) is 97.8 Å². The molecule has 0 bridgehead atoms. The zero-order valence-electron chi connectivity index (χ0n) is 18.7. The molecule has 3 heteroatoms. The van der Waals surface area contributed by atoms with Gasteiger partial charge in [-0.2, -0.15) is 0 Å². The van der Waals surface area contributed by atoms with Gasteiger partial charge in [-0.25, -0.2) is 0 Å². The Morgan fingerprint density at radius 1 is 0.964 bits per heavy atom. The largest absolute Gasteiger partial charge is 0.465 e. The van der Waals surface area contributed by atoms with Gasteiger partial charge in [0, 0.05) is 12.8 Å².